The molecule has 3 rings (SSSR count). The van der Waals surface area contributed by atoms with E-state index in [4.69, 9.17) is 9.47 Å². The van der Waals surface area contributed by atoms with Gasteiger partial charge in [0.25, 0.3) is 0 Å². The summed E-state index contributed by atoms with van der Waals surface area (Å²) in [6.45, 7) is 5.03. The summed E-state index contributed by atoms with van der Waals surface area (Å²) >= 11 is 0. The molecule has 0 heterocycles. The van der Waals surface area contributed by atoms with Crippen LogP contribution in [-0.4, -0.2) is 19.0 Å². The van der Waals surface area contributed by atoms with Gasteiger partial charge in [-0.05, 0) is 48.8 Å². The summed E-state index contributed by atoms with van der Waals surface area (Å²) in [5.41, 5.74) is 2.65. The average molecular weight is 328 g/mol. The van der Waals surface area contributed by atoms with Crippen molar-refractivity contribution in [3.05, 3.63) is 41.5 Å². The predicted molar refractivity (Wildman–Crippen MR) is 95.0 cm³/mol. The normalized spacial score (nSPS) is 28.5. The Balaban J connectivity index is 1.76. The molecule has 0 aliphatic heterocycles. The fourth-order valence-electron chi connectivity index (χ4n) is 4.16. The first-order valence-corrected chi connectivity index (χ1v) is 8.99. The van der Waals surface area contributed by atoms with Crippen molar-refractivity contribution in [3.63, 3.8) is 0 Å². The van der Waals surface area contributed by atoms with Gasteiger partial charge < -0.3 is 9.47 Å². The maximum atomic E-state index is 12.7. The van der Waals surface area contributed by atoms with Crippen LogP contribution in [0.2, 0.25) is 0 Å². The van der Waals surface area contributed by atoms with Crippen molar-refractivity contribution in [1.29, 1.82) is 0 Å². The lowest BCUT2D eigenvalue weighted by Gasteiger charge is -2.34. The zero-order chi connectivity index (χ0) is 17.2. The monoisotopic (exact) mass is 328 g/mol. The van der Waals surface area contributed by atoms with Gasteiger partial charge in [0.2, 0.25) is 0 Å². The van der Waals surface area contributed by atoms with E-state index < -0.39 is 0 Å². The van der Waals surface area contributed by atoms with Gasteiger partial charge in [0.1, 0.15) is 11.9 Å². The highest BCUT2D eigenvalue weighted by molar-refractivity contribution is 5.83. The van der Waals surface area contributed by atoms with E-state index in [2.05, 4.69) is 19.9 Å². The number of ether oxygens (including phenoxy) is 2. The Kier molecular flexibility index (Phi) is 5.09. The molecule has 3 heteroatoms. The van der Waals surface area contributed by atoms with E-state index in [0.29, 0.717) is 13.0 Å². The van der Waals surface area contributed by atoms with Crippen LogP contribution in [0.15, 0.2) is 35.9 Å². The van der Waals surface area contributed by atoms with Crippen LogP contribution in [0.1, 0.15) is 51.5 Å². The average Bonchev–Trinajstić information content (AvgIpc) is 2.88. The predicted octanol–water partition coefficient (Wildman–Crippen LogP) is 4.70. The smallest absolute Gasteiger partial charge is 0.161 e. The number of hydrogen-bond acceptors (Lipinski definition) is 3. The van der Waals surface area contributed by atoms with Crippen LogP contribution < -0.4 is 4.74 Å². The molecule has 0 unspecified atom stereocenters. The minimum absolute atomic E-state index is 0.0601. The lowest BCUT2D eigenvalue weighted by molar-refractivity contribution is -0.137. The maximum absolute atomic E-state index is 12.7. The molecular formula is C21H28O3. The van der Waals surface area contributed by atoms with Gasteiger partial charge in [0.15, 0.2) is 5.78 Å². The van der Waals surface area contributed by atoms with Gasteiger partial charge >= 0.3 is 0 Å². The van der Waals surface area contributed by atoms with Gasteiger partial charge in [0, 0.05) is 12.3 Å². The van der Waals surface area contributed by atoms with Crippen molar-refractivity contribution in [2.75, 3.05) is 7.11 Å². The van der Waals surface area contributed by atoms with Gasteiger partial charge in [-0.2, -0.15) is 0 Å². The summed E-state index contributed by atoms with van der Waals surface area (Å²) in [7, 11) is 1.66. The summed E-state index contributed by atoms with van der Waals surface area (Å²) in [6, 6.07) is 7.88. The zero-order valence-electron chi connectivity index (χ0n) is 15.0. The second kappa shape index (κ2) is 7.10. The summed E-state index contributed by atoms with van der Waals surface area (Å²) < 4.78 is 11.4. The molecule has 0 spiro atoms. The van der Waals surface area contributed by atoms with Crippen molar-refractivity contribution in [2.45, 2.75) is 58.7 Å². The molecule has 1 aromatic rings. The third-order valence-electron chi connectivity index (χ3n) is 5.77. The van der Waals surface area contributed by atoms with Crippen molar-refractivity contribution in [2.24, 2.45) is 11.3 Å². The summed E-state index contributed by atoms with van der Waals surface area (Å²) in [6.07, 6.45) is 6.83. The Morgan fingerprint density at radius 2 is 1.92 bits per heavy atom. The first kappa shape index (κ1) is 17.2. The molecule has 1 fully saturated rings. The lowest BCUT2D eigenvalue weighted by atomic mass is 9.75. The number of rotatable bonds is 4. The lowest BCUT2D eigenvalue weighted by Crippen LogP contribution is -2.38. The van der Waals surface area contributed by atoms with E-state index in [-0.39, 0.29) is 23.2 Å². The second-order valence-corrected chi connectivity index (χ2v) is 7.53. The minimum Gasteiger partial charge on any atom is -0.497 e. The number of hydrogen-bond donors (Lipinski definition) is 0. The number of benzene rings is 1. The molecule has 0 N–H and O–H groups in total. The first-order chi connectivity index (χ1) is 11.5. The largest absolute Gasteiger partial charge is 0.497 e. The van der Waals surface area contributed by atoms with E-state index in [9.17, 15) is 4.79 Å². The van der Waals surface area contributed by atoms with Gasteiger partial charge in [-0.3, -0.25) is 4.79 Å². The number of carbonyl (C=O) groups is 1. The Hall–Kier alpha value is -1.61. The standard InChI is InChI=1S/C21H28O3/c1-21(2)16-6-4-5-7-19(22)20(18(21)13-10-16)24-14-15-8-11-17(23-3)12-9-15/h6,8-9,11-12,18,20H,4-5,7,10,13-14H2,1-3H3/b16-6-/t18-,20-/m1/s1. The molecule has 1 saturated carbocycles. The van der Waals surface area contributed by atoms with Crippen LogP contribution in [0.5, 0.6) is 5.75 Å². The summed E-state index contributed by atoms with van der Waals surface area (Å²) in [5.74, 6) is 1.40. The third-order valence-corrected chi connectivity index (χ3v) is 5.77. The molecule has 3 nitrogen and oxygen atoms in total. The topological polar surface area (TPSA) is 35.5 Å². The highest BCUT2D eigenvalue weighted by Crippen LogP contribution is 2.50. The molecule has 2 atom stereocenters. The van der Waals surface area contributed by atoms with Crippen LogP contribution in [0.3, 0.4) is 0 Å². The SMILES string of the molecule is COc1ccc(CO[C@H]2C(=O)CCC/C=C3/CC[C@H]2C3(C)C)cc1. The molecule has 2 aliphatic rings. The number of carbonyl (C=O) groups excluding carboxylic acids is 1. The first-order valence-electron chi connectivity index (χ1n) is 8.99. The fourth-order valence-corrected chi connectivity index (χ4v) is 4.16. The van der Waals surface area contributed by atoms with Crippen LogP contribution in [0.4, 0.5) is 0 Å². The molecule has 0 aromatic heterocycles. The third kappa shape index (κ3) is 3.41. The van der Waals surface area contributed by atoms with Crippen molar-refractivity contribution < 1.29 is 14.3 Å². The summed E-state index contributed by atoms with van der Waals surface area (Å²) in [4.78, 5) is 12.7. The van der Waals surface area contributed by atoms with E-state index in [1.165, 1.54) is 5.57 Å². The van der Waals surface area contributed by atoms with E-state index in [1.54, 1.807) is 7.11 Å². The molecule has 1 aromatic carbocycles. The Bertz CT molecular complexity index is 612. The fraction of sp³-hybridized carbons (Fsp3) is 0.571. The highest BCUT2D eigenvalue weighted by Gasteiger charge is 2.46. The van der Waals surface area contributed by atoms with Gasteiger partial charge in [-0.15, -0.1) is 0 Å². The van der Waals surface area contributed by atoms with Gasteiger partial charge in [0.05, 0.1) is 13.7 Å². The van der Waals surface area contributed by atoms with Crippen molar-refractivity contribution >= 4 is 5.78 Å². The Morgan fingerprint density at radius 1 is 1.17 bits per heavy atom. The zero-order valence-corrected chi connectivity index (χ0v) is 15.0. The molecule has 0 radical (unpaired) electrons. The highest BCUT2D eigenvalue weighted by atomic mass is 16.5. The quantitative estimate of drug-likeness (QED) is 0.752. The van der Waals surface area contributed by atoms with Crippen LogP contribution in [0.25, 0.3) is 0 Å². The van der Waals surface area contributed by atoms with Gasteiger partial charge in [-0.25, -0.2) is 0 Å². The maximum Gasteiger partial charge on any atom is 0.161 e. The van der Waals surface area contributed by atoms with Crippen LogP contribution in [-0.2, 0) is 16.1 Å². The minimum atomic E-state index is -0.286. The van der Waals surface area contributed by atoms with Crippen molar-refractivity contribution in [1.82, 2.24) is 0 Å². The Morgan fingerprint density at radius 3 is 2.62 bits per heavy atom. The van der Waals surface area contributed by atoms with Gasteiger partial charge in [-0.1, -0.05) is 37.6 Å². The number of fused-ring (bicyclic) bond motifs is 2. The number of methoxy groups -OCH3 is 1. The molecule has 24 heavy (non-hydrogen) atoms. The molecule has 0 saturated heterocycles. The number of ketones is 1. The summed E-state index contributed by atoms with van der Waals surface area (Å²) in [5, 5.41) is 0. The van der Waals surface area contributed by atoms with Crippen LogP contribution in [0, 0.1) is 11.3 Å². The number of allylic oxidation sites excluding steroid dienone is 2. The van der Waals surface area contributed by atoms with Crippen LogP contribution >= 0.6 is 0 Å². The van der Waals surface area contributed by atoms with E-state index in [1.807, 2.05) is 24.3 Å². The molecular weight excluding hydrogens is 300 g/mol. The number of Topliss-reactive ketones (excluding diaryl/α,β-unsaturated/α-hetero) is 1. The molecule has 2 aliphatic carbocycles. The molecule has 2 bridgehead atoms. The van der Waals surface area contributed by atoms with E-state index in [0.717, 1.165) is 37.0 Å². The second-order valence-electron chi connectivity index (χ2n) is 7.53. The van der Waals surface area contributed by atoms with E-state index >= 15 is 0 Å². The van der Waals surface area contributed by atoms with Crippen molar-refractivity contribution in [3.8, 4) is 5.75 Å². The Labute approximate surface area is 145 Å². The molecule has 0 amide bonds. The molecule has 130 valence electrons.